The normalized spacial score (nSPS) is 22.7. The Balaban J connectivity index is 2.29. The number of methoxy groups -OCH3 is 1. The van der Waals surface area contributed by atoms with Gasteiger partial charge in [-0.25, -0.2) is 17.5 Å². The number of hydrogen-bond donors (Lipinski definition) is 2. The van der Waals surface area contributed by atoms with Crippen LogP contribution in [-0.2, 0) is 21.3 Å². The second-order valence-corrected chi connectivity index (χ2v) is 7.11. The molecule has 2 rings (SSSR count). The SMILES string of the molecule is COC1CCCC1NS(=O)(=O)c1cc(F)c(Cl)c(CN)c1. The molecule has 0 radical (unpaired) electrons. The Labute approximate surface area is 128 Å². The van der Waals surface area contributed by atoms with Gasteiger partial charge in [-0.05, 0) is 37.0 Å². The molecule has 1 aliphatic carbocycles. The monoisotopic (exact) mass is 336 g/mol. The summed E-state index contributed by atoms with van der Waals surface area (Å²) in [7, 11) is -2.30. The average Bonchev–Trinajstić information content (AvgIpc) is 2.87. The quantitative estimate of drug-likeness (QED) is 0.858. The molecular formula is C13H18ClFN2O3S. The Kier molecular flexibility index (Phi) is 5.21. The summed E-state index contributed by atoms with van der Waals surface area (Å²) in [5.41, 5.74) is 5.71. The summed E-state index contributed by atoms with van der Waals surface area (Å²) in [6.45, 7) is -0.0385. The number of sulfonamides is 1. The highest BCUT2D eigenvalue weighted by molar-refractivity contribution is 7.89. The molecule has 2 atom stereocenters. The third kappa shape index (κ3) is 3.54. The van der Waals surface area contributed by atoms with Crippen LogP contribution < -0.4 is 10.5 Å². The molecule has 118 valence electrons. The molecule has 21 heavy (non-hydrogen) atoms. The third-order valence-electron chi connectivity index (χ3n) is 3.67. The summed E-state index contributed by atoms with van der Waals surface area (Å²) in [4.78, 5) is -0.174. The Bertz CT molecular complexity index is 624. The van der Waals surface area contributed by atoms with E-state index in [1.165, 1.54) is 6.07 Å². The third-order valence-corrected chi connectivity index (χ3v) is 5.56. The number of benzene rings is 1. The zero-order valence-electron chi connectivity index (χ0n) is 11.6. The molecule has 1 aromatic rings. The fourth-order valence-electron chi connectivity index (χ4n) is 2.53. The van der Waals surface area contributed by atoms with Gasteiger partial charge >= 0.3 is 0 Å². The number of hydrogen-bond acceptors (Lipinski definition) is 4. The molecule has 0 amide bonds. The Morgan fingerprint density at radius 1 is 1.48 bits per heavy atom. The van der Waals surface area contributed by atoms with Crippen LogP contribution in [0.5, 0.6) is 0 Å². The summed E-state index contributed by atoms with van der Waals surface area (Å²) in [5, 5.41) is -0.146. The van der Waals surface area contributed by atoms with E-state index in [2.05, 4.69) is 4.72 Å². The van der Waals surface area contributed by atoms with Crippen molar-refractivity contribution in [3.63, 3.8) is 0 Å². The minimum absolute atomic E-state index is 0.0385. The molecule has 0 aromatic heterocycles. The highest BCUT2D eigenvalue weighted by Crippen LogP contribution is 2.26. The van der Waals surface area contributed by atoms with Crippen LogP contribution >= 0.6 is 11.6 Å². The molecule has 0 heterocycles. The molecule has 0 bridgehead atoms. The van der Waals surface area contributed by atoms with Gasteiger partial charge in [-0.15, -0.1) is 0 Å². The van der Waals surface area contributed by atoms with Crippen LogP contribution in [0.2, 0.25) is 5.02 Å². The molecule has 8 heteroatoms. The molecule has 1 saturated carbocycles. The summed E-state index contributed by atoms with van der Waals surface area (Å²) < 4.78 is 46.3. The Morgan fingerprint density at radius 3 is 2.81 bits per heavy atom. The zero-order chi connectivity index (χ0) is 15.6. The molecule has 1 aliphatic rings. The second kappa shape index (κ2) is 6.58. The van der Waals surface area contributed by atoms with Crippen LogP contribution in [0, 0.1) is 5.82 Å². The second-order valence-electron chi connectivity index (χ2n) is 5.02. The molecule has 5 nitrogen and oxygen atoms in total. The highest BCUT2D eigenvalue weighted by atomic mass is 35.5. The van der Waals surface area contributed by atoms with Gasteiger partial charge in [0.15, 0.2) is 0 Å². The molecule has 2 unspecified atom stereocenters. The Hall–Kier alpha value is -0.730. The first-order valence-electron chi connectivity index (χ1n) is 6.62. The van der Waals surface area contributed by atoms with E-state index < -0.39 is 15.8 Å². The van der Waals surface area contributed by atoms with E-state index in [1.807, 2.05) is 0 Å². The number of nitrogens with two attached hydrogens (primary N) is 1. The molecule has 0 spiro atoms. The lowest BCUT2D eigenvalue weighted by Crippen LogP contribution is -2.40. The standard InChI is InChI=1S/C13H18ClFN2O3S/c1-20-12-4-2-3-11(12)17-21(18,19)9-5-8(7-16)13(14)10(15)6-9/h5-6,11-12,17H,2-4,7,16H2,1H3. The van der Waals surface area contributed by atoms with Gasteiger partial charge in [0, 0.05) is 19.7 Å². The van der Waals surface area contributed by atoms with Crippen LogP contribution in [0.4, 0.5) is 4.39 Å². The van der Waals surface area contributed by atoms with Gasteiger partial charge in [-0.2, -0.15) is 0 Å². The van der Waals surface area contributed by atoms with E-state index in [9.17, 15) is 12.8 Å². The van der Waals surface area contributed by atoms with Crippen molar-refractivity contribution in [1.29, 1.82) is 0 Å². The molecule has 1 fully saturated rings. The fourth-order valence-corrected chi connectivity index (χ4v) is 4.08. The minimum Gasteiger partial charge on any atom is -0.380 e. The number of halogens is 2. The number of nitrogens with one attached hydrogen (secondary N) is 1. The minimum atomic E-state index is -3.84. The van der Waals surface area contributed by atoms with Gasteiger partial charge in [-0.3, -0.25) is 0 Å². The van der Waals surface area contributed by atoms with Gasteiger partial charge in [-0.1, -0.05) is 11.6 Å². The van der Waals surface area contributed by atoms with Crippen molar-refractivity contribution in [1.82, 2.24) is 4.72 Å². The van der Waals surface area contributed by atoms with Crippen LogP contribution in [-0.4, -0.2) is 27.7 Å². The van der Waals surface area contributed by atoms with Crippen molar-refractivity contribution in [2.45, 2.75) is 42.8 Å². The van der Waals surface area contributed by atoms with E-state index >= 15 is 0 Å². The number of rotatable bonds is 5. The molecule has 3 N–H and O–H groups in total. The smallest absolute Gasteiger partial charge is 0.241 e. The fraction of sp³-hybridized carbons (Fsp3) is 0.538. The first-order valence-corrected chi connectivity index (χ1v) is 8.48. The van der Waals surface area contributed by atoms with Crippen LogP contribution in [0.25, 0.3) is 0 Å². The first-order chi connectivity index (χ1) is 9.89. The van der Waals surface area contributed by atoms with Crippen molar-refractivity contribution in [2.75, 3.05) is 7.11 Å². The predicted molar refractivity (Wildman–Crippen MR) is 78.1 cm³/mol. The lowest BCUT2D eigenvalue weighted by molar-refractivity contribution is 0.0916. The Morgan fingerprint density at radius 2 is 2.19 bits per heavy atom. The maximum Gasteiger partial charge on any atom is 0.241 e. The van der Waals surface area contributed by atoms with Crippen LogP contribution in [0.3, 0.4) is 0 Å². The summed E-state index contributed by atoms with van der Waals surface area (Å²) in [6.07, 6.45) is 2.21. The van der Waals surface area contributed by atoms with Gasteiger partial charge in [0.2, 0.25) is 10.0 Å². The summed E-state index contributed by atoms with van der Waals surface area (Å²) in [6, 6.07) is 1.89. The van der Waals surface area contributed by atoms with Crippen LogP contribution in [0.15, 0.2) is 17.0 Å². The van der Waals surface area contributed by atoms with E-state index in [1.54, 1.807) is 7.11 Å². The maximum atomic E-state index is 13.7. The van der Waals surface area contributed by atoms with Crippen molar-refractivity contribution in [3.8, 4) is 0 Å². The zero-order valence-corrected chi connectivity index (χ0v) is 13.2. The average molecular weight is 337 g/mol. The molecular weight excluding hydrogens is 319 g/mol. The molecule has 0 saturated heterocycles. The largest absolute Gasteiger partial charge is 0.380 e. The van der Waals surface area contributed by atoms with Gasteiger partial charge in [0.1, 0.15) is 5.82 Å². The van der Waals surface area contributed by atoms with E-state index in [0.717, 1.165) is 18.9 Å². The summed E-state index contributed by atoms with van der Waals surface area (Å²) in [5.74, 6) is -0.797. The van der Waals surface area contributed by atoms with E-state index in [-0.39, 0.29) is 34.2 Å². The van der Waals surface area contributed by atoms with E-state index in [4.69, 9.17) is 22.1 Å². The van der Waals surface area contributed by atoms with E-state index in [0.29, 0.717) is 6.42 Å². The van der Waals surface area contributed by atoms with Gasteiger partial charge in [0.25, 0.3) is 0 Å². The number of ether oxygens (including phenoxy) is 1. The van der Waals surface area contributed by atoms with Gasteiger partial charge in [0.05, 0.1) is 16.0 Å². The molecule has 1 aromatic carbocycles. The first kappa shape index (κ1) is 16.6. The summed E-state index contributed by atoms with van der Waals surface area (Å²) >= 11 is 5.74. The van der Waals surface area contributed by atoms with Gasteiger partial charge < -0.3 is 10.5 Å². The lowest BCUT2D eigenvalue weighted by Gasteiger charge is -2.20. The van der Waals surface area contributed by atoms with Crippen molar-refractivity contribution in [3.05, 3.63) is 28.5 Å². The lowest BCUT2D eigenvalue weighted by atomic mass is 10.2. The molecule has 0 aliphatic heterocycles. The van der Waals surface area contributed by atoms with Crippen molar-refractivity contribution >= 4 is 21.6 Å². The van der Waals surface area contributed by atoms with Crippen molar-refractivity contribution < 1.29 is 17.5 Å². The van der Waals surface area contributed by atoms with Crippen LogP contribution in [0.1, 0.15) is 24.8 Å². The van der Waals surface area contributed by atoms with Crippen molar-refractivity contribution in [2.24, 2.45) is 5.73 Å². The highest BCUT2D eigenvalue weighted by Gasteiger charge is 2.31. The topological polar surface area (TPSA) is 81.4 Å². The predicted octanol–water partition coefficient (Wildman–Crippen LogP) is 1.78. The maximum absolute atomic E-state index is 13.7.